The zero-order valence-corrected chi connectivity index (χ0v) is 12.4. The molecule has 6 heteroatoms. The SMILES string of the molecule is CCCNCc1c(C)nn(C)c1Sc1cnccn1. The second-order valence-electron chi connectivity index (χ2n) is 4.32. The molecule has 5 nitrogen and oxygen atoms in total. The number of nitrogens with zero attached hydrogens (tertiary/aromatic N) is 4. The van der Waals surface area contributed by atoms with Crippen molar-refractivity contribution in [3.05, 3.63) is 29.8 Å². The van der Waals surface area contributed by atoms with Crippen molar-refractivity contribution in [2.45, 2.75) is 36.9 Å². The summed E-state index contributed by atoms with van der Waals surface area (Å²) in [5, 5.41) is 9.94. The average molecular weight is 277 g/mol. The van der Waals surface area contributed by atoms with Crippen LogP contribution in [0, 0.1) is 6.92 Å². The standard InChI is InChI=1S/C13H19N5S/c1-4-5-14-8-11-10(2)17-18(3)13(11)19-12-9-15-6-7-16-12/h6-7,9,14H,4-5,8H2,1-3H3. The van der Waals surface area contributed by atoms with Gasteiger partial charge in [0.1, 0.15) is 10.1 Å². The first-order valence-electron chi connectivity index (χ1n) is 6.39. The molecule has 1 N–H and O–H groups in total. The van der Waals surface area contributed by atoms with E-state index in [1.165, 1.54) is 5.56 Å². The van der Waals surface area contributed by atoms with Crippen LogP contribution in [0.3, 0.4) is 0 Å². The molecule has 0 aromatic carbocycles. The summed E-state index contributed by atoms with van der Waals surface area (Å²) in [7, 11) is 1.97. The molecule has 2 aromatic rings. The average Bonchev–Trinajstić information content (AvgIpc) is 2.67. The molecule has 2 aromatic heterocycles. The van der Waals surface area contributed by atoms with Crippen molar-refractivity contribution in [1.29, 1.82) is 0 Å². The summed E-state index contributed by atoms with van der Waals surface area (Å²) in [4.78, 5) is 8.39. The molecule has 0 saturated heterocycles. The van der Waals surface area contributed by atoms with E-state index in [2.05, 4.69) is 27.3 Å². The summed E-state index contributed by atoms with van der Waals surface area (Å²) in [5.74, 6) is 0. The van der Waals surface area contributed by atoms with E-state index in [0.29, 0.717) is 0 Å². The van der Waals surface area contributed by atoms with Crippen molar-refractivity contribution in [1.82, 2.24) is 25.1 Å². The van der Waals surface area contributed by atoms with Crippen LogP contribution < -0.4 is 5.32 Å². The van der Waals surface area contributed by atoms with Gasteiger partial charge in [-0.15, -0.1) is 0 Å². The van der Waals surface area contributed by atoms with Crippen molar-refractivity contribution in [2.24, 2.45) is 7.05 Å². The first-order chi connectivity index (χ1) is 9.22. The summed E-state index contributed by atoms with van der Waals surface area (Å²) in [6, 6.07) is 0. The number of aromatic nitrogens is 4. The summed E-state index contributed by atoms with van der Waals surface area (Å²) in [5.41, 5.74) is 2.31. The molecule has 0 amide bonds. The Labute approximate surface area is 117 Å². The monoisotopic (exact) mass is 277 g/mol. The maximum Gasteiger partial charge on any atom is 0.121 e. The first kappa shape index (κ1) is 14.0. The molecule has 0 atom stereocenters. The van der Waals surface area contributed by atoms with E-state index in [1.807, 2.05) is 18.7 Å². The minimum Gasteiger partial charge on any atom is -0.313 e. The second kappa shape index (κ2) is 6.68. The van der Waals surface area contributed by atoms with Crippen molar-refractivity contribution in [3.63, 3.8) is 0 Å². The molecular weight excluding hydrogens is 258 g/mol. The smallest absolute Gasteiger partial charge is 0.121 e. The molecule has 0 saturated carbocycles. The van der Waals surface area contributed by atoms with E-state index >= 15 is 0 Å². The van der Waals surface area contributed by atoms with Crippen LogP contribution >= 0.6 is 11.8 Å². The molecular formula is C13H19N5S. The quantitative estimate of drug-likeness (QED) is 0.820. The van der Waals surface area contributed by atoms with Crippen molar-refractivity contribution in [2.75, 3.05) is 6.54 Å². The Bertz CT molecular complexity index is 523. The molecule has 2 rings (SSSR count). The van der Waals surface area contributed by atoms with Crippen molar-refractivity contribution < 1.29 is 0 Å². The number of aryl methyl sites for hydroxylation is 2. The Kier molecular flexibility index (Phi) is 4.93. The molecule has 19 heavy (non-hydrogen) atoms. The normalized spacial score (nSPS) is 10.9. The molecule has 0 radical (unpaired) electrons. The maximum absolute atomic E-state index is 4.49. The maximum atomic E-state index is 4.49. The lowest BCUT2D eigenvalue weighted by Crippen LogP contribution is -2.14. The Balaban J connectivity index is 2.19. The predicted octanol–water partition coefficient (Wildman–Crippen LogP) is 2.17. The van der Waals surface area contributed by atoms with Gasteiger partial charge in [-0.2, -0.15) is 5.10 Å². The van der Waals surface area contributed by atoms with E-state index < -0.39 is 0 Å². The van der Waals surface area contributed by atoms with Gasteiger partial charge in [0, 0.05) is 31.5 Å². The number of rotatable bonds is 6. The van der Waals surface area contributed by atoms with Gasteiger partial charge in [0.15, 0.2) is 0 Å². The van der Waals surface area contributed by atoms with E-state index in [9.17, 15) is 0 Å². The lowest BCUT2D eigenvalue weighted by Gasteiger charge is -2.06. The van der Waals surface area contributed by atoms with E-state index in [-0.39, 0.29) is 0 Å². The van der Waals surface area contributed by atoms with E-state index in [1.54, 1.807) is 30.4 Å². The summed E-state index contributed by atoms with van der Waals surface area (Å²) < 4.78 is 1.91. The fourth-order valence-corrected chi connectivity index (χ4v) is 2.78. The fourth-order valence-electron chi connectivity index (χ4n) is 1.84. The summed E-state index contributed by atoms with van der Waals surface area (Å²) in [6.07, 6.45) is 6.30. The highest BCUT2D eigenvalue weighted by Crippen LogP contribution is 2.29. The number of hydrogen-bond acceptors (Lipinski definition) is 5. The lowest BCUT2D eigenvalue weighted by molar-refractivity contribution is 0.652. The predicted molar refractivity (Wildman–Crippen MR) is 76.1 cm³/mol. The van der Waals surface area contributed by atoms with Crippen LogP contribution in [0.2, 0.25) is 0 Å². The molecule has 0 aliphatic rings. The van der Waals surface area contributed by atoms with Gasteiger partial charge in [0.05, 0.1) is 11.9 Å². The van der Waals surface area contributed by atoms with Gasteiger partial charge >= 0.3 is 0 Å². The fraction of sp³-hybridized carbons (Fsp3) is 0.462. The lowest BCUT2D eigenvalue weighted by atomic mass is 10.2. The zero-order valence-electron chi connectivity index (χ0n) is 11.6. The van der Waals surface area contributed by atoms with E-state index in [0.717, 1.165) is 35.3 Å². The first-order valence-corrected chi connectivity index (χ1v) is 7.21. The van der Waals surface area contributed by atoms with Gasteiger partial charge in [-0.3, -0.25) is 9.67 Å². The Morgan fingerprint density at radius 3 is 2.89 bits per heavy atom. The third kappa shape index (κ3) is 3.54. The van der Waals surface area contributed by atoms with Gasteiger partial charge in [-0.25, -0.2) is 4.98 Å². The van der Waals surface area contributed by atoms with Gasteiger partial charge in [-0.1, -0.05) is 6.92 Å². The van der Waals surface area contributed by atoms with Crippen LogP contribution in [0.5, 0.6) is 0 Å². The highest BCUT2D eigenvalue weighted by Gasteiger charge is 2.14. The van der Waals surface area contributed by atoms with Crippen LogP contribution in [-0.2, 0) is 13.6 Å². The number of hydrogen-bond donors (Lipinski definition) is 1. The van der Waals surface area contributed by atoms with Crippen LogP contribution in [0.4, 0.5) is 0 Å². The van der Waals surface area contributed by atoms with Crippen LogP contribution in [0.15, 0.2) is 28.6 Å². The van der Waals surface area contributed by atoms with Gasteiger partial charge in [0.25, 0.3) is 0 Å². The molecule has 0 unspecified atom stereocenters. The minimum absolute atomic E-state index is 0.843. The summed E-state index contributed by atoms with van der Waals surface area (Å²) >= 11 is 1.61. The highest BCUT2D eigenvalue weighted by molar-refractivity contribution is 7.99. The topological polar surface area (TPSA) is 55.6 Å². The Morgan fingerprint density at radius 1 is 1.37 bits per heavy atom. The molecule has 0 aliphatic carbocycles. The largest absolute Gasteiger partial charge is 0.313 e. The highest BCUT2D eigenvalue weighted by atomic mass is 32.2. The van der Waals surface area contributed by atoms with Crippen LogP contribution in [0.25, 0.3) is 0 Å². The molecule has 2 heterocycles. The number of nitrogens with one attached hydrogen (secondary N) is 1. The zero-order chi connectivity index (χ0) is 13.7. The van der Waals surface area contributed by atoms with Crippen molar-refractivity contribution >= 4 is 11.8 Å². The Hall–Kier alpha value is -1.40. The Morgan fingerprint density at radius 2 is 2.21 bits per heavy atom. The van der Waals surface area contributed by atoms with E-state index in [4.69, 9.17) is 0 Å². The van der Waals surface area contributed by atoms with Gasteiger partial charge in [0.2, 0.25) is 0 Å². The minimum atomic E-state index is 0.843. The van der Waals surface area contributed by atoms with Gasteiger partial charge < -0.3 is 5.32 Å². The molecule has 102 valence electrons. The molecule has 0 aliphatic heterocycles. The van der Waals surface area contributed by atoms with Crippen LogP contribution in [-0.4, -0.2) is 26.3 Å². The van der Waals surface area contributed by atoms with Gasteiger partial charge in [-0.05, 0) is 31.7 Å². The van der Waals surface area contributed by atoms with Crippen molar-refractivity contribution in [3.8, 4) is 0 Å². The summed E-state index contributed by atoms with van der Waals surface area (Å²) in [6.45, 7) is 6.07. The second-order valence-corrected chi connectivity index (χ2v) is 5.32. The molecule has 0 bridgehead atoms. The third-order valence-corrected chi connectivity index (χ3v) is 3.88. The third-order valence-electron chi connectivity index (χ3n) is 2.76. The van der Waals surface area contributed by atoms with Crippen LogP contribution in [0.1, 0.15) is 24.6 Å². The molecule has 0 fully saturated rings. The molecule has 0 spiro atoms.